The van der Waals surface area contributed by atoms with Gasteiger partial charge in [-0.25, -0.2) is 8.78 Å². The summed E-state index contributed by atoms with van der Waals surface area (Å²) in [7, 11) is 0. The monoisotopic (exact) mass is 212 g/mol. The van der Waals surface area contributed by atoms with Crippen molar-refractivity contribution < 1.29 is 18.7 Å². The van der Waals surface area contributed by atoms with Crippen LogP contribution in [-0.2, 0) is 10.7 Å². The van der Waals surface area contributed by atoms with Crippen molar-refractivity contribution in [2.75, 3.05) is 0 Å². The van der Waals surface area contributed by atoms with Gasteiger partial charge < -0.3 is 5.11 Å². The van der Waals surface area contributed by atoms with Crippen LogP contribution in [0.2, 0.25) is 0 Å². The second kappa shape index (κ2) is 3.29. The molecule has 2 atom stereocenters. The summed E-state index contributed by atoms with van der Waals surface area (Å²) >= 11 is 0. The zero-order chi connectivity index (χ0) is 11.1. The Kier molecular flexibility index (Phi) is 2.21. The van der Waals surface area contributed by atoms with Crippen LogP contribution in [0, 0.1) is 11.8 Å². The molecule has 1 fully saturated rings. The highest BCUT2D eigenvalue weighted by atomic mass is 19.3. The molecule has 2 nitrogen and oxygen atoms in total. The smallest absolute Gasteiger partial charge is 0.307 e. The Balaban J connectivity index is 2.19. The standard InChI is InChI=1S/C11H10F2O2/c12-11(13,7-4-2-1-3-5-7)9-6-8(9)10(14)15/h1-5,8-9H,6H2,(H,14,15). The Morgan fingerprint density at radius 2 is 1.93 bits per heavy atom. The predicted octanol–water partition coefficient (Wildman–Crippen LogP) is 2.50. The summed E-state index contributed by atoms with van der Waals surface area (Å²) in [6.45, 7) is 0. The van der Waals surface area contributed by atoms with Crippen molar-refractivity contribution in [2.45, 2.75) is 12.3 Å². The van der Waals surface area contributed by atoms with E-state index in [1.807, 2.05) is 0 Å². The Labute approximate surface area is 85.5 Å². The normalized spacial score (nSPS) is 24.9. The van der Waals surface area contributed by atoms with Gasteiger partial charge >= 0.3 is 5.97 Å². The fourth-order valence-corrected chi connectivity index (χ4v) is 1.74. The molecule has 0 aromatic heterocycles. The van der Waals surface area contributed by atoms with Gasteiger partial charge in [-0.05, 0) is 6.42 Å². The fraction of sp³-hybridized carbons (Fsp3) is 0.364. The highest BCUT2D eigenvalue weighted by molar-refractivity contribution is 5.73. The van der Waals surface area contributed by atoms with Gasteiger partial charge in [-0.2, -0.15) is 0 Å². The number of carbonyl (C=O) groups is 1. The summed E-state index contributed by atoms with van der Waals surface area (Å²) in [5, 5.41) is 8.60. The molecule has 0 radical (unpaired) electrons. The fourth-order valence-electron chi connectivity index (χ4n) is 1.74. The molecule has 1 aromatic carbocycles. The quantitative estimate of drug-likeness (QED) is 0.835. The Morgan fingerprint density at radius 1 is 1.33 bits per heavy atom. The molecule has 2 unspecified atom stereocenters. The number of halogens is 2. The van der Waals surface area contributed by atoms with Gasteiger partial charge in [0.15, 0.2) is 0 Å². The maximum Gasteiger partial charge on any atom is 0.307 e. The first-order valence-electron chi connectivity index (χ1n) is 4.69. The van der Waals surface area contributed by atoms with Crippen LogP contribution in [-0.4, -0.2) is 11.1 Å². The van der Waals surface area contributed by atoms with E-state index in [1.54, 1.807) is 6.07 Å². The molecule has 15 heavy (non-hydrogen) atoms. The molecule has 0 spiro atoms. The van der Waals surface area contributed by atoms with Crippen molar-refractivity contribution in [1.82, 2.24) is 0 Å². The van der Waals surface area contributed by atoms with Crippen molar-refractivity contribution in [2.24, 2.45) is 11.8 Å². The molecule has 4 heteroatoms. The number of carboxylic acids is 1. The van der Waals surface area contributed by atoms with E-state index in [-0.39, 0.29) is 12.0 Å². The lowest BCUT2D eigenvalue weighted by molar-refractivity contribution is -0.140. The van der Waals surface area contributed by atoms with Gasteiger partial charge in [0, 0.05) is 11.5 Å². The van der Waals surface area contributed by atoms with Crippen LogP contribution >= 0.6 is 0 Å². The molecular formula is C11H10F2O2. The van der Waals surface area contributed by atoms with Crippen molar-refractivity contribution in [1.29, 1.82) is 0 Å². The van der Waals surface area contributed by atoms with Crippen molar-refractivity contribution in [3.63, 3.8) is 0 Å². The number of carboxylic acid groups (broad SMARTS) is 1. The van der Waals surface area contributed by atoms with E-state index in [0.717, 1.165) is 0 Å². The lowest BCUT2D eigenvalue weighted by Crippen LogP contribution is -2.19. The second-order valence-electron chi connectivity index (χ2n) is 3.78. The topological polar surface area (TPSA) is 37.3 Å². The molecule has 1 aliphatic rings. The first-order chi connectivity index (χ1) is 7.03. The number of hydrogen-bond acceptors (Lipinski definition) is 1. The SMILES string of the molecule is O=C(O)C1CC1C(F)(F)c1ccccc1. The summed E-state index contributed by atoms with van der Waals surface area (Å²) in [6.07, 6.45) is 0.0667. The van der Waals surface area contributed by atoms with Crippen molar-refractivity contribution in [3.05, 3.63) is 35.9 Å². The first-order valence-corrected chi connectivity index (χ1v) is 4.69. The summed E-state index contributed by atoms with van der Waals surface area (Å²) in [6, 6.07) is 7.37. The van der Waals surface area contributed by atoms with E-state index < -0.39 is 23.7 Å². The number of hydrogen-bond donors (Lipinski definition) is 1. The molecule has 1 saturated carbocycles. The van der Waals surface area contributed by atoms with Gasteiger partial charge in [0.1, 0.15) is 0 Å². The maximum atomic E-state index is 13.7. The zero-order valence-electron chi connectivity index (χ0n) is 7.86. The van der Waals surface area contributed by atoms with Gasteiger partial charge in [0.2, 0.25) is 0 Å². The maximum absolute atomic E-state index is 13.7. The van der Waals surface area contributed by atoms with Crippen LogP contribution in [0.25, 0.3) is 0 Å². The van der Waals surface area contributed by atoms with Gasteiger partial charge in [0.25, 0.3) is 5.92 Å². The molecule has 0 saturated heterocycles. The van der Waals surface area contributed by atoms with Gasteiger partial charge in [-0.15, -0.1) is 0 Å². The van der Waals surface area contributed by atoms with E-state index in [1.165, 1.54) is 24.3 Å². The van der Waals surface area contributed by atoms with Crippen LogP contribution in [0.5, 0.6) is 0 Å². The molecule has 2 rings (SSSR count). The third-order valence-electron chi connectivity index (χ3n) is 2.73. The highest BCUT2D eigenvalue weighted by Crippen LogP contribution is 2.54. The molecule has 0 amide bonds. The molecule has 1 aromatic rings. The summed E-state index contributed by atoms with van der Waals surface area (Å²) in [5.41, 5.74) is -0.0984. The van der Waals surface area contributed by atoms with Gasteiger partial charge in [-0.1, -0.05) is 30.3 Å². The van der Waals surface area contributed by atoms with Crippen molar-refractivity contribution >= 4 is 5.97 Å². The molecule has 80 valence electrons. The van der Waals surface area contributed by atoms with Gasteiger partial charge in [-0.3, -0.25) is 4.79 Å². The Hall–Kier alpha value is -1.45. The van der Waals surface area contributed by atoms with E-state index in [2.05, 4.69) is 0 Å². The average Bonchev–Trinajstić information content (AvgIpc) is 2.99. The third kappa shape index (κ3) is 1.71. The van der Waals surface area contributed by atoms with Crippen LogP contribution in [0.15, 0.2) is 30.3 Å². The van der Waals surface area contributed by atoms with E-state index in [4.69, 9.17) is 5.11 Å². The Bertz CT molecular complexity index is 375. The molecule has 0 bridgehead atoms. The number of alkyl halides is 2. The zero-order valence-corrected chi connectivity index (χ0v) is 7.86. The molecule has 0 heterocycles. The van der Waals surface area contributed by atoms with Crippen LogP contribution < -0.4 is 0 Å². The molecule has 0 aliphatic heterocycles. The minimum atomic E-state index is -3.02. The van der Waals surface area contributed by atoms with E-state index in [0.29, 0.717) is 0 Å². The van der Waals surface area contributed by atoms with Gasteiger partial charge in [0.05, 0.1) is 5.92 Å². The summed E-state index contributed by atoms with van der Waals surface area (Å²) < 4.78 is 27.4. The lowest BCUT2D eigenvalue weighted by Gasteiger charge is -2.15. The summed E-state index contributed by atoms with van der Waals surface area (Å²) in [4.78, 5) is 10.5. The van der Waals surface area contributed by atoms with Crippen LogP contribution in [0.3, 0.4) is 0 Å². The van der Waals surface area contributed by atoms with Crippen LogP contribution in [0.4, 0.5) is 8.78 Å². The minimum Gasteiger partial charge on any atom is -0.481 e. The van der Waals surface area contributed by atoms with Crippen molar-refractivity contribution in [3.8, 4) is 0 Å². The van der Waals surface area contributed by atoms with E-state index >= 15 is 0 Å². The van der Waals surface area contributed by atoms with E-state index in [9.17, 15) is 13.6 Å². The first kappa shape index (κ1) is 10.1. The second-order valence-corrected chi connectivity index (χ2v) is 3.78. The largest absolute Gasteiger partial charge is 0.481 e. The third-order valence-corrected chi connectivity index (χ3v) is 2.73. The molecule has 1 aliphatic carbocycles. The lowest BCUT2D eigenvalue weighted by atomic mass is 10.0. The number of benzene rings is 1. The van der Waals surface area contributed by atoms with Crippen LogP contribution in [0.1, 0.15) is 12.0 Å². The predicted molar refractivity (Wildman–Crippen MR) is 49.6 cm³/mol. The minimum absolute atomic E-state index is 0.0667. The average molecular weight is 212 g/mol. The number of aliphatic carboxylic acids is 1. The molecule has 1 N–H and O–H groups in total. The number of rotatable bonds is 3. The molecular weight excluding hydrogens is 202 g/mol. The summed E-state index contributed by atoms with van der Waals surface area (Å²) in [5.74, 6) is -6.09. The highest BCUT2D eigenvalue weighted by Gasteiger charge is 2.58. The Morgan fingerprint density at radius 3 is 2.40 bits per heavy atom.